The Balaban J connectivity index is 2.06. The minimum Gasteiger partial charge on any atom is -0.508 e. The van der Waals surface area contributed by atoms with E-state index in [9.17, 15) is 39.9 Å². The van der Waals surface area contributed by atoms with E-state index in [2.05, 4.69) is 0 Å². The number of phenols is 1. The van der Waals surface area contributed by atoms with Crippen LogP contribution >= 0.6 is 22.6 Å². The molecule has 0 saturated heterocycles. The smallest absolute Gasteiger partial charge is 0.255 e. The van der Waals surface area contributed by atoms with E-state index < -0.39 is 70.4 Å². The van der Waals surface area contributed by atoms with Gasteiger partial charge in [-0.15, -0.1) is 0 Å². The Labute approximate surface area is 183 Å². The second-order valence-corrected chi connectivity index (χ2v) is 9.00. The number of nitrogens with two attached hydrogens (primary N) is 1. The maximum Gasteiger partial charge on any atom is 0.255 e. The van der Waals surface area contributed by atoms with Gasteiger partial charge in [-0.05, 0) is 46.2 Å². The number of benzene rings is 1. The lowest BCUT2D eigenvalue weighted by atomic mass is 9.57. The van der Waals surface area contributed by atoms with E-state index in [1.54, 1.807) is 13.0 Å². The fourth-order valence-electron chi connectivity index (χ4n) is 5.03. The third-order valence-corrected chi connectivity index (χ3v) is 7.37. The molecule has 0 aliphatic heterocycles. The van der Waals surface area contributed by atoms with Crippen LogP contribution in [-0.4, -0.2) is 54.7 Å². The molecular weight excluding hydrogens is 509 g/mol. The Kier molecular flexibility index (Phi) is 4.53. The molecule has 7 N–H and O–H groups in total. The molecule has 0 aromatic heterocycles. The van der Waals surface area contributed by atoms with E-state index in [0.29, 0.717) is 9.13 Å². The first-order chi connectivity index (χ1) is 13.9. The molecule has 4 rings (SSSR count). The lowest BCUT2D eigenvalue weighted by molar-refractivity contribution is -0.137. The van der Waals surface area contributed by atoms with Crippen molar-refractivity contribution >= 4 is 40.1 Å². The van der Waals surface area contributed by atoms with E-state index in [-0.39, 0.29) is 16.9 Å². The quantitative estimate of drug-likeness (QED) is 0.229. The highest BCUT2D eigenvalue weighted by atomic mass is 127. The summed E-state index contributed by atoms with van der Waals surface area (Å²) in [7, 11) is 0. The lowest BCUT2D eigenvalue weighted by Crippen LogP contribution is -2.60. The number of phenolic OH excluding ortho intramolecular Hbond substituents is 1. The zero-order valence-electron chi connectivity index (χ0n) is 15.6. The molecule has 1 aromatic rings. The number of carbonyl (C=O) groups is 3. The van der Waals surface area contributed by atoms with Crippen LogP contribution in [0.5, 0.6) is 5.75 Å². The molecule has 1 amide bonds. The van der Waals surface area contributed by atoms with Crippen molar-refractivity contribution in [1.29, 1.82) is 0 Å². The summed E-state index contributed by atoms with van der Waals surface area (Å²) >= 11 is 1.99. The Bertz CT molecular complexity index is 1110. The molecule has 0 fully saturated rings. The Morgan fingerprint density at radius 2 is 1.83 bits per heavy atom. The highest BCUT2D eigenvalue weighted by molar-refractivity contribution is 14.1. The maximum absolute atomic E-state index is 13.3. The number of aromatic hydroxyl groups is 1. The fourth-order valence-corrected chi connectivity index (χ4v) is 5.97. The molecule has 0 radical (unpaired) electrons. The molecule has 10 heteroatoms. The van der Waals surface area contributed by atoms with Gasteiger partial charge in [-0.3, -0.25) is 14.4 Å². The van der Waals surface area contributed by atoms with Crippen molar-refractivity contribution in [3.05, 3.63) is 49.5 Å². The number of fused-ring (bicyclic) bond motifs is 3. The van der Waals surface area contributed by atoms with Crippen LogP contribution in [0.2, 0.25) is 0 Å². The first-order valence-electron chi connectivity index (χ1n) is 9.11. The average molecular weight is 527 g/mol. The van der Waals surface area contributed by atoms with E-state index >= 15 is 0 Å². The molecule has 3 aliphatic carbocycles. The summed E-state index contributed by atoms with van der Waals surface area (Å²) < 4.78 is 0.659. The Morgan fingerprint density at radius 1 is 1.20 bits per heavy atom. The number of halogens is 1. The van der Waals surface area contributed by atoms with Gasteiger partial charge in [-0.2, -0.15) is 0 Å². The average Bonchev–Trinajstić information content (AvgIpc) is 2.66. The summed E-state index contributed by atoms with van der Waals surface area (Å²) in [5, 5.41) is 54.1. The zero-order valence-corrected chi connectivity index (χ0v) is 17.7. The van der Waals surface area contributed by atoms with Crippen molar-refractivity contribution in [3.63, 3.8) is 0 Å². The summed E-state index contributed by atoms with van der Waals surface area (Å²) in [4.78, 5) is 37.3. The number of Topliss-reactive ketones (excluding diaryl/α,β-unsaturated/α-hetero) is 2. The molecule has 3 aliphatic rings. The third-order valence-electron chi connectivity index (χ3n) is 6.43. The van der Waals surface area contributed by atoms with Crippen molar-refractivity contribution in [1.82, 2.24) is 0 Å². The zero-order chi connectivity index (χ0) is 22.3. The van der Waals surface area contributed by atoms with Crippen LogP contribution in [0.15, 0.2) is 34.8 Å². The third kappa shape index (κ3) is 2.38. The minimum absolute atomic E-state index is 0.0769. The fraction of sp³-hybridized carbons (Fsp3) is 0.350. The maximum atomic E-state index is 13.3. The summed E-state index contributed by atoms with van der Waals surface area (Å²) in [5.41, 5.74) is 1.52. The van der Waals surface area contributed by atoms with Crippen LogP contribution in [0.25, 0.3) is 0 Å². The van der Waals surface area contributed by atoms with Crippen molar-refractivity contribution in [2.24, 2.45) is 17.6 Å². The number of hydrogen-bond acceptors (Lipinski definition) is 8. The number of rotatable bonds is 1. The van der Waals surface area contributed by atoms with Gasteiger partial charge < -0.3 is 31.3 Å². The topological polar surface area (TPSA) is 178 Å². The van der Waals surface area contributed by atoms with Crippen molar-refractivity contribution < 1.29 is 39.9 Å². The van der Waals surface area contributed by atoms with Crippen molar-refractivity contribution in [3.8, 4) is 5.75 Å². The van der Waals surface area contributed by atoms with E-state index in [1.807, 2.05) is 22.6 Å². The van der Waals surface area contributed by atoms with E-state index in [0.717, 1.165) is 0 Å². The second kappa shape index (κ2) is 6.53. The summed E-state index contributed by atoms with van der Waals surface area (Å²) in [6, 6.07) is 2.93. The molecule has 9 nitrogen and oxygen atoms in total. The van der Waals surface area contributed by atoms with Gasteiger partial charge in [-0.1, -0.05) is 6.92 Å². The van der Waals surface area contributed by atoms with Crippen molar-refractivity contribution in [2.45, 2.75) is 31.0 Å². The van der Waals surface area contributed by atoms with Crippen LogP contribution < -0.4 is 5.73 Å². The Morgan fingerprint density at radius 3 is 2.43 bits per heavy atom. The van der Waals surface area contributed by atoms with Gasteiger partial charge >= 0.3 is 0 Å². The molecule has 0 heterocycles. The number of aliphatic hydroxyl groups is 4. The number of carbonyl (C=O) groups excluding carboxylic acids is 3. The molecule has 0 unspecified atom stereocenters. The molecule has 30 heavy (non-hydrogen) atoms. The first kappa shape index (κ1) is 20.8. The molecule has 1 aromatic carbocycles. The number of amides is 1. The van der Waals surface area contributed by atoms with Gasteiger partial charge in [-0.25, -0.2) is 0 Å². The van der Waals surface area contributed by atoms with Crippen molar-refractivity contribution in [2.75, 3.05) is 0 Å². The second-order valence-electron chi connectivity index (χ2n) is 7.84. The van der Waals surface area contributed by atoms with E-state index in [1.165, 1.54) is 6.07 Å². The minimum atomic E-state index is -2.74. The lowest BCUT2D eigenvalue weighted by Gasteiger charge is -2.50. The predicted octanol–water partition coefficient (Wildman–Crippen LogP) is 0.717. The molecule has 0 bridgehead atoms. The summed E-state index contributed by atoms with van der Waals surface area (Å²) in [6.07, 6.45) is -2.09. The van der Waals surface area contributed by atoms with Gasteiger partial charge in [0.05, 0.1) is 11.7 Å². The standard InChI is InChI=1S/C20H18INO8/c1-5-10-7(21)2-3-8(23)12(10)16(26)14-11(5)15(25)6-4-9(24)13(19(22)29)17(27)20(6,30)18(14)28/h2-3,5-6,11,15,23,25,27-28,30H,4H2,1H3,(H2,22,29)/t5-,6+,11+,15+,20+/m0/s1. The van der Waals surface area contributed by atoms with Crippen LogP contribution in [-0.2, 0) is 9.59 Å². The van der Waals surface area contributed by atoms with Gasteiger partial charge in [0.15, 0.2) is 17.2 Å². The summed E-state index contributed by atoms with van der Waals surface area (Å²) in [6.45, 7) is 1.69. The van der Waals surface area contributed by atoms with Gasteiger partial charge in [0.2, 0.25) is 0 Å². The van der Waals surface area contributed by atoms with Crippen LogP contribution in [0.3, 0.4) is 0 Å². The number of primary amides is 1. The Hall–Kier alpha value is -2.44. The monoisotopic (exact) mass is 527 g/mol. The van der Waals surface area contributed by atoms with Gasteiger partial charge in [0, 0.05) is 27.4 Å². The molecular formula is C20H18INO8. The highest BCUT2D eigenvalue weighted by Gasteiger charge is 2.63. The first-order valence-corrected chi connectivity index (χ1v) is 10.2. The molecule has 0 saturated carbocycles. The van der Waals surface area contributed by atoms with Gasteiger partial charge in [0.1, 0.15) is 22.8 Å². The molecule has 0 spiro atoms. The number of ketones is 2. The molecule has 5 atom stereocenters. The summed E-state index contributed by atoms with van der Waals surface area (Å²) in [5.74, 6) is -8.50. The number of hydrogen-bond donors (Lipinski definition) is 6. The van der Waals surface area contributed by atoms with Crippen LogP contribution in [0, 0.1) is 15.4 Å². The highest BCUT2D eigenvalue weighted by Crippen LogP contribution is 2.55. The van der Waals surface area contributed by atoms with Crippen LogP contribution in [0.4, 0.5) is 0 Å². The number of aliphatic hydroxyl groups excluding tert-OH is 3. The SMILES string of the molecule is C[C@H]1c2c(I)ccc(O)c2C(=O)C2=C(O)[C@]3(O)C(O)=C(C(N)=O)C(=O)C[C@@H]3[C@@H](O)[C@@H]21. The van der Waals surface area contributed by atoms with Crippen LogP contribution in [0.1, 0.15) is 35.2 Å². The largest absolute Gasteiger partial charge is 0.508 e. The van der Waals surface area contributed by atoms with Gasteiger partial charge in [0.25, 0.3) is 5.91 Å². The predicted molar refractivity (Wildman–Crippen MR) is 110 cm³/mol. The molecule has 158 valence electrons. The normalized spacial score (nSPS) is 33.2. The van der Waals surface area contributed by atoms with E-state index in [4.69, 9.17) is 5.73 Å².